The molecule has 0 saturated heterocycles. The molecular formula is C40H29O6P. The second-order valence-corrected chi connectivity index (χ2v) is 13.9. The Labute approximate surface area is 272 Å². The largest absolute Gasteiger partial charge is 0.438 e. The Hall–Kier alpha value is -5.71. The fraction of sp³-hybridized carbons (Fsp3) is 0.0500. The molecule has 0 aliphatic carbocycles. The van der Waals surface area contributed by atoms with Crippen molar-refractivity contribution in [2.75, 3.05) is 0 Å². The summed E-state index contributed by atoms with van der Waals surface area (Å²) in [5.41, 5.74) is 3.94. The van der Waals surface area contributed by atoms with E-state index >= 15 is 4.57 Å². The monoisotopic (exact) mass is 636 g/mol. The van der Waals surface area contributed by atoms with Gasteiger partial charge in [-0.1, -0.05) is 97.1 Å². The molecule has 6 aromatic rings. The van der Waals surface area contributed by atoms with E-state index in [1.54, 1.807) is 72.8 Å². The molecule has 47 heavy (non-hydrogen) atoms. The highest BCUT2D eigenvalue weighted by Gasteiger charge is 2.53. The second kappa shape index (κ2) is 12.2. The van der Waals surface area contributed by atoms with Crippen LogP contribution < -0.4 is 19.3 Å². The van der Waals surface area contributed by atoms with Crippen LogP contribution in [0.15, 0.2) is 158 Å². The highest BCUT2D eigenvalue weighted by molar-refractivity contribution is 7.69. The van der Waals surface area contributed by atoms with Crippen LogP contribution in [-0.2, 0) is 9.72 Å². The van der Waals surface area contributed by atoms with Gasteiger partial charge in [0.25, 0.3) is 7.37 Å². The van der Waals surface area contributed by atoms with Gasteiger partial charge < -0.3 is 14.0 Å². The Bertz CT molecular complexity index is 2030. The first kappa shape index (κ1) is 30.0. The number of para-hydroxylation sites is 1. The van der Waals surface area contributed by atoms with Gasteiger partial charge in [-0.2, -0.15) is 0 Å². The average molecular weight is 637 g/mol. The van der Waals surface area contributed by atoms with E-state index in [9.17, 15) is 9.59 Å². The summed E-state index contributed by atoms with van der Waals surface area (Å²) < 4.78 is 33.7. The maximum atomic E-state index is 15.7. The smallest absolute Gasteiger partial charge is 0.343 e. The summed E-state index contributed by atoms with van der Waals surface area (Å²) in [6.45, 7) is 1.90. The quantitative estimate of drug-likeness (QED) is 0.0989. The Morgan fingerprint density at radius 3 is 1.47 bits per heavy atom. The van der Waals surface area contributed by atoms with Crippen LogP contribution in [0.3, 0.4) is 0 Å². The number of carbonyl (C=O) groups excluding carboxylic acids is 2. The van der Waals surface area contributed by atoms with E-state index in [-0.39, 0.29) is 0 Å². The van der Waals surface area contributed by atoms with Crippen LogP contribution in [0.4, 0.5) is 0 Å². The lowest BCUT2D eigenvalue weighted by Gasteiger charge is -2.41. The van der Waals surface area contributed by atoms with Crippen LogP contribution in [-0.4, -0.2) is 11.9 Å². The first-order valence-electron chi connectivity index (χ1n) is 15.1. The highest BCUT2D eigenvalue weighted by Crippen LogP contribution is 2.69. The topological polar surface area (TPSA) is 78.9 Å². The third-order valence-corrected chi connectivity index (χ3v) is 11.7. The molecule has 0 aromatic heterocycles. The molecule has 0 fully saturated rings. The number of carbonyl (C=O) groups is 2. The molecule has 7 rings (SSSR count). The van der Waals surface area contributed by atoms with E-state index in [1.807, 2.05) is 91.9 Å². The fourth-order valence-electron chi connectivity index (χ4n) is 5.93. The van der Waals surface area contributed by atoms with Crippen molar-refractivity contribution in [1.82, 2.24) is 0 Å². The second-order valence-electron chi connectivity index (χ2n) is 11.3. The van der Waals surface area contributed by atoms with Gasteiger partial charge in [-0.25, -0.2) is 9.59 Å². The van der Waals surface area contributed by atoms with Crippen LogP contribution >= 0.6 is 7.37 Å². The molecular weight excluding hydrogens is 607 g/mol. The number of hydrogen-bond acceptors (Lipinski definition) is 6. The van der Waals surface area contributed by atoms with Gasteiger partial charge in [0.15, 0.2) is 0 Å². The van der Waals surface area contributed by atoms with Gasteiger partial charge >= 0.3 is 11.9 Å². The van der Waals surface area contributed by atoms with E-state index in [0.29, 0.717) is 44.8 Å². The Morgan fingerprint density at radius 1 is 0.532 bits per heavy atom. The zero-order valence-corrected chi connectivity index (χ0v) is 26.3. The minimum atomic E-state index is -3.80. The Morgan fingerprint density at radius 2 is 0.957 bits per heavy atom. The predicted molar refractivity (Wildman–Crippen MR) is 182 cm³/mol. The van der Waals surface area contributed by atoms with Crippen molar-refractivity contribution in [2.24, 2.45) is 0 Å². The number of fused-ring (bicyclic) bond motifs is 3. The molecule has 7 heteroatoms. The van der Waals surface area contributed by atoms with E-state index in [4.69, 9.17) is 14.0 Å². The molecule has 6 nitrogen and oxygen atoms in total. The molecule has 0 bridgehead atoms. The normalized spacial score (nSPS) is 15.0. The lowest BCUT2D eigenvalue weighted by atomic mass is 9.92. The van der Waals surface area contributed by atoms with Gasteiger partial charge in [-0.15, -0.1) is 0 Å². The van der Waals surface area contributed by atoms with Crippen molar-refractivity contribution in [2.45, 2.75) is 12.1 Å². The van der Waals surface area contributed by atoms with Crippen molar-refractivity contribution >= 4 is 24.6 Å². The first-order chi connectivity index (χ1) is 22.9. The van der Waals surface area contributed by atoms with Crippen LogP contribution in [0.25, 0.3) is 11.1 Å². The lowest BCUT2D eigenvalue weighted by Crippen LogP contribution is -2.34. The number of rotatable bonds is 7. The molecule has 230 valence electrons. The summed E-state index contributed by atoms with van der Waals surface area (Å²) in [5.74, 6) is 0.275. The minimum absolute atomic E-state index is 0.349. The first-order valence-corrected chi connectivity index (χ1v) is 16.7. The highest BCUT2D eigenvalue weighted by atomic mass is 31.2. The Kier molecular flexibility index (Phi) is 7.80. The predicted octanol–water partition coefficient (Wildman–Crippen LogP) is 9.05. The van der Waals surface area contributed by atoms with Crippen LogP contribution in [0.2, 0.25) is 0 Å². The molecule has 0 amide bonds. The number of ether oxygens (including phenoxy) is 2. The number of hydrogen-bond donors (Lipinski definition) is 0. The summed E-state index contributed by atoms with van der Waals surface area (Å²) in [5, 5.41) is -0.624. The number of benzene rings is 6. The third kappa shape index (κ3) is 5.43. The van der Waals surface area contributed by atoms with E-state index < -0.39 is 24.5 Å². The van der Waals surface area contributed by atoms with E-state index in [0.717, 1.165) is 11.1 Å². The summed E-state index contributed by atoms with van der Waals surface area (Å²) in [7, 11) is -3.80. The van der Waals surface area contributed by atoms with Crippen LogP contribution in [0.1, 0.15) is 38.8 Å². The molecule has 0 radical (unpaired) electrons. The minimum Gasteiger partial charge on any atom is -0.438 e. The molecule has 6 aromatic carbocycles. The molecule has 1 heterocycles. The molecule has 1 unspecified atom stereocenters. The lowest BCUT2D eigenvalue weighted by molar-refractivity contribution is 0.0725. The van der Waals surface area contributed by atoms with Gasteiger partial charge in [0.2, 0.25) is 0 Å². The third-order valence-electron chi connectivity index (χ3n) is 8.49. The van der Waals surface area contributed by atoms with Crippen molar-refractivity contribution in [1.29, 1.82) is 0 Å². The standard InChI is InChI=1S/C40H29O6P/c1-40(30-20-24-32(25-21-30)44-38(41)28-12-4-2-5-13-28,31-22-26-33(27-23-31)45-39(42)29-14-6-3-7-15-29)47(43)37-19-11-9-17-35(37)34-16-8-10-18-36(34)46-47/h2-27H,1H3. The molecule has 0 spiro atoms. The summed E-state index contributed by atoms with van der Waals surface area (Å²) in [4.78, 5) is 25.5. The van der Waals surface area contributed by atoms with Crippen molar-refractivity contribution in [3.63, 3.8) is 0 Å². The van der Waals surface area contributed by atoms with Gasteiger partial charge in [-0.3, -0.25) is 4.57 Å². The van der Waals surface area contributed by atoms with Gasteiger partial charge in [0.05, 0.1) is 16.4 Å². The van der Waals surface area contributed by atoms with E-state index in [2.05, 4.69) is 0 Å². The summed E-state index contributed by atoms with van der Waals surface area (Å²) >= 11 is 0. The maximum absolute atomic E-state index is 15.7. The molecule has 0 N–H and O–H groups in total. The van der Waals surface area contributed by atoms with Crippen LogP contribution in [0.5, 0.6) is 17.2 Å². The zero-order valence-electron chi connectivity index (χ0n) is 25.4. The Balaban J connectivity index is 1.31. The molecule has 1 aliphatic heterocycles. The number of esters is 2. The fourth-order valence-corrected chi connectivity index (χ4v) is 8.90. The van der Waals surface area contributed by atoms with Crippen molar-refractivity contribution in [3.05, 3.63) is 180 Å². The van der Waals surface area contributed by atoms with Crippen molar-refractivity contribution < 1.29 is 28.2 Å². The average Bonchev–Trinajstić information content (AvgIpc) is 3.13. The van der Waals surface area contributed by atoms with Crippen LogP contribution in [0, 0.1) is 0 Å². The SMILES string of the molecule is CC(c1ccc(OC(=O)c2ccccc2)cc1)(c1ccc(OC(=O)c2ccccc2)cc1)P1(=O)Oc2ccccc2-c2ccccc21. The summed E-state index contributed by atoms with van der Waals surface area (Å²) in [6.07, 6.45) is 0. The van der Waals surface area contributed by atoms with Gasteiger partial charge in [0.1, 0.15) is 22.4 Å². The molecule has 1 aliphatic rings. The molecule has 1 atom stereocenters. The zero-order chi connectivity index (χ0) is 32.4. The van der Waals surface area contributed by atoms with Gasteiger partial charge in [-0.05, 0) is 84.3 Å². The molecule has 0 saturated carbocycles. The summed E-state index contributed by atoms with van der Waals surface area (Å²) in [6, 6.07) is 46.7. The van der Waals surface area contributed by atoms with E-state index in [1.165, 1.54) is 0 Å². The maximum Gasteiger partial charge on any atom is 0.343 e. The van der Waals surface area contributed by atoms with Gasteiger partial charge in [0, 0.05) is 5.56 Å². The van der Waals surface area contributed by atoms with Crippen molar-refractivity contribution in [3.8, 4) is 28.4 Å².